The Balaban J connectivity index is 3.02. The molecular formula is C17H28NO2+. The zero-order valence-electron chi connectivity index (χ0n) is 13.4. The summed E-state index contributed by atoms with van der Waals surface area (Å²) >= 11 is 0. The van der Waals surface area contributed by atoms with Crippen LogP contribution in [0.2, 0.25) is 0 Å². The lowest BCUT2D eigenvalue weighted by Gasteiger charge is -2.36. The summed E-state index contributed by atoms with van der Waals surface area (Å²) in [6.45, 7) is 13.9. The van der Waals surface area contributed by atoms with Crippen molar-refractivity contribution in [2.45, 2.75) is 46.8 Å². The van der Waals surface area contributed by atoms with Gasteiger partial charge in [-0.1, -0.05) is 18.2 Å². The van der Waals surface area contributed by atoms with E-state index < -0.39 is 5.60 Å². The second-order valence-electron chi connectivity index (χ2n) is 6.04. The van der Waals surface area contributed by atoms with Gasteiger partial charge in [0.15, 0.2) is 5.78 Å². The highest BCUT2D eigenvalue weighted by molar-refractivity contribution is 6.01. The third-order valence-corrected chi connectivity index (χ3v) is 4.28. The molecule has 0 aromatic heterocycles. The fraction of sp³-hybridized carbons (Fsp3) is 0.588. The molecule has 0 saturated heterocycles. The first kappa shape index (κ1) is 16.9. The van der Waals surface area contributed by atoms with Gasteiger partial charge in [0.25, 0.3) is 0 Å². The normalized spacial score (nSPS) is 12.5. The number of nitrogens with zero attached hydrogens (tertiary/aromatic N) is 1. The van der Waals surface area contributed by atoms with Crippen molar-refractivity contribution < 1.29 is 14.4 Å². The molecule has 0 aliphatic carbocycles. The number of Topliss-reactive ketones (excluding diaryl/α,β-unsaturated/α-hetero) is 1. The predicted octanol–water partition coefficient (Wildman–Crippen LogP) is 3.02. The molecule has 3 nitrogen and oxygen atoms in total. The van der Waals surface area contributed by atoms with Gasteiger partial charge in [-0.2, -0.15) is 0 Å². The first-order valence-electron chi connectivity index (χ1n) is 7.49. The van der Waals surface area contributed by atoms with Gasteiger partial charge in [0.2, 0.25) is 0 Å². The van der Waals surface area contributed by atoms with Gasteiger partial charge in [-0.15, -0.1) is 0 Å². The largest absolute Gasteiger partial charge is 0.382 e. The van der Waals surface area contributed by atoms with Gasteiger partial charge in [0.1, 0.15) is 12.1 Å². The van der Waals surface area contributed by atoms with E-state index in [-0.39, 0.29) is 5.78 Å². The highest BCUT2D eigenvalue weighted by atomic mass is 16.3. The molecule has 0 unspecified atom stereocenters. The Labute approximate surface area is 122 Å². The molecule has 0 aliphatic rings. The lowest BCUT2D eigenvalue weighted by molar-refractivity contribution is -0.936. The minimum Gasteiger partial charge on any atom is -0.382 e. The number of benzene rings is 1. The van der Waals surface area contributed by atoms with Gasteiger partial charge in [-0.25, -0.2) is 0 Å². The quantitative estimate of drug-likeness (QED) is 0.615. The first-order chi connectivity index (χ1) is 9.28. The standard InChI is InChI=1S/C17H28NO2/c1-6-18(7-2,8-3)13-14-10-9-11-15(12-14)16(19)17(4,5)20/h9-12,20H,6-8,13H2,1-5H3/q+1. The third kappa shape index (κ3) is 3.90. The molecule has 1 rings (SSSR count). The van der Waals surface area contributed by atoms with Crippen LogP contribution in [-0.4, -0.2) is 40.6 Å². The molecule has 20 heavy (non-hydrogen) atoms. The molecule has 0 amide bonds. The second-order valence-corrected chi connectivity index (χ2v) is 6.04. The topological polar surface area (TPSA) is 37.3 Å². The van der Waals surface area contributed by atoms with E-state index in [2.05, 4.69) is 26.8 Å². The second kappa shape index (κ2) is 6.51. The summed E-state index contributed by atoms with van der Waals surface area (Å²) in [5.74, 6) is -0.220. The lowest BCUT2D eigenvalue weighted by atomic mass is 9.95. The van der Waals surface area contributed by atoms with Crippen molar-refractivity contribution in [3.63, 3.8) is 0 Å². The van der Waals surface area contributed by atoms with Crippen LogP contribution in [0.15, 0.2) is 24.3 Å². The van der Waals surface area contributed by atoms with Crippen LogP contribution in [0.3, 0.4) is 0 Å². The van der Waals surface area contributed by atoms with Gasteiger partial charge < -0.3 is 9.59 Å². The molecule has 0 fully saturated rings. The van der Waals surface area contributed by atoms with E-state index in [0.29, 0.717) is 5.56 Å². The molecule has 3 heteroatoms. The minimum absolute atomic E-state index is 0.220. The summed E-state index contributed by atoms with van der Waals surface area (Å²) in [7, 11) is 0. The van der Waals surface area contributed by atoms with Crippen molar-refractivity contribution in [3.05, 3.63) is 35.4 Å². The maximum absolute atomic E-state index is 12.1. The number of aliphatic hydroxyl groups is 1. The molecule has 0 radical (unpaired) electrons. The van der Waals surface area contributed by atoms with E-state index in [1.54, 1.807) is 6.07 Å². The van der Waals surface area contributed by atoms with E-state index in [4.69, 9.17) is 0 Å². The Bertz CT molecular complexity index is 448. The predicted molar refractivity (Wildman–Crippen MR) is 82.7 cm³/mol. The summed E-state index contributed by atoms with van der Waals surface area (Å²) in [6.07, 6.45) is 0. The smallest absolute Gasteiger partial charge is 0.193 e. The van der Waals surface area contributed by atoms with Gasteiger partial charge in [-0.05, 0) is 40.7 Å². The number of hydrogen-bond acceptors (Lipinski definition) is 2. The number of hydrogen-bond donors (Lipinski definition) is 1. The van der Waals surface area contributed by atoms with E-state index >= 15 is 0 Å². The number of quaternary nitrogens is 1. The Morgan fingerprint density at radius 1 is 1.15 bits per heavy atom. The van der Waals surface area contributed by atoms with Crippen molar-refractivity contribution in [2.75, 3.05) is 19.6 Å². The fourth-order valence-electron chi connectivity index (χ4n) is 2.56. The SMILES string of the molecule is CC[N+](CC)(CC)Cc1cccc(C(=O)C(C)(C)O)c1. The summed E-state index contributed by atoms with van der Waals surface area (Å²) in [5, 5.41) is 9.85. The number of carbonyl (C=O) groups excluding carboxylic acids is 1. The van der Waals surface area contributed by atoms with Crippen LogP contribution in [-0.2, 0) is 6.54 Å². The van der Waals surface area contributed by atoms with Crippen molar-refractivity contribution in [3.8, 4) is 0 Å². The summed E-state index contributed by atoms with van der Waals surface area (Å²) in [4.78, 5) is 12.1. The van der Waals surface area contributed by atoms with Crippen LogP contribution >= 0.6 is 0 Å². The molecular weight excluding hydrogens is 250 g/mol. The van der Waals surface area contributed by atoms with Crippen molar-refractivity contribution in [1.29, 1.82) is 0 Å². The highest BCUT2D eigenvalue weighted by Crippen LogP contribution is 2.18. The Hall–Kier alpha value is -1.19. The summed E-state index contributed by atoms with van der Waals surface area (Å²) in [5.41, 5.74) is 0.437. The van der Waals surface area contributed by atoms with Gasteiger partial charge in [0, 0.05) is 11.1 Å². The average molecular weight is 278 g/mol. The molecule has 1 aromatic rings. The van der Waals surface area contributed by atoms with E-state index in [0.717, 1.165) is 36.2 Å². The molecule has 0 spiro atoms. The van der Waals surface area contributed by atoms with Crippen LogP contribution < -0.4 is 0 Å². The number of carbonyl (C=O) groups is 1. The van der Waals surface area contributed by atoms with Crippen molar-refractivity contribution in [2.24, 2.45) is 0 Å². The molecule has 0 atom stereocenters. The Kier molecular flexibility index (Phi) is 5.49. The minimum atomic E-state index is -1.31. The van der Waals surface area contributed by atoms with Crippen LogP contribution in [0.25, 0.3) is 0 Å². The van der Waals surface area contributed by atoms with E-state index in [1.165, 1.54) is 13.8 Å². The number of rotatable bonds is 7. The zero-order valence-corrected chi connectivity index (χ0v) is 13.4. The third-order valence-electron chi connectivity index (χ3n) is 4.28. The zero-order chi connectivity index (χ0) is 15.4. The molecule has 112 valence electrons. The maximum atomic E-state index is 12.1. The Morgan fingerprint density at radius 2 is 1.70 bits per heavy atom. The van der Waals surface area contributed by atoms with Crippen LogP contribution in [0.4, 0.5) is 0 Å². The van der Waals surface area contributed by atoms with E-state index in [9.17, 15) is 9.90 Å². The van der Waals surface area contributed by atoms with Gasteiger partial charge in [-0.3, -0.25) is 4.79 Å². The maximum Gasteiger partial charge on any atom is 0.193 e. The van der Waals surface area contributed by atoms with Crippen LogP contribution in [0, 0.1) is 0 Å². The Morgan fingerprint density at radius 3 is 2.15 bits per heavy atom. The van der Waals surface area contributed by atoms with Crippen molar-refractivity contribution >= 4 is 5.78 Å². The summed E-state index contributed by atoms with van der Waals surface area (Å²) in [6, 6.07) is 7.68. The van der Waals surface area contributed by atoms with Crippen molar-refractivity contribution in [1.82, 2.24) is 0 Å². The number of ketones is 1. The lowest BCUT2D eigenvalue weighted by Crippen LogP contribution is -2.46. The van der Waals surface area contributed by atoms with E-state index in [1.807, 2.05) is 12.1 Å². The first-order valence-corrected chi connectivity index (χ1v) is 7.49. The average Bonchev–Trinajstić information content (AvgIpc) is 2.43. The van der Waals surface area contributed by atoms with Gasteiger partial charge >= 0.3 is 0 Å². The molecule has 0 saturated carbocycles. The highest BCUT2D eigenvalue weighted by Gasteiger charge is 2.26. The fourth-order valence-corrected chi connectivity index (χ4v) is 2.56. The molecule has 1 aromatic carbocycles. The van der Waals surface area contributed by atoms with Gasteiger partial charge in [0.05, 0.1) is 19.6 Å². The summed E-state index contributed by atoms with van der Waals surface area (Å²) < 4.78 is 1.01. The molecule has 0 aliphatic heterocycles. The molecule has 0 heterocycles. The molecule has 0 bridgehead atoms. The van der Waals surface area contributed by atoms with Crippen LogP contribution in [0.1, 0.15) is 50.5 Å². The van der Waals surface area contributed by atoms with Crippen LogP contribution in [0.5, 0.6) is 0 Å². The molecule has 1 N–H and O–H groups in total. The monoisotopic (exact) mass is 278 g/mol.